The van der Waals surface area contributed by atoms with Crippen molar-refractivity contribution in [2.75, 3.05) is 0 Å². The molecule has 3 heteroatoms. The number of rotatable bonds is 1. The number of hydrogen-bond donors (Lipinski definition) is 0. The molecule has 1 heterocycles. The van der Waals surface area contributed by atoms with E-state index in [-0.39, 0.29) is 0 Å². The molecule has 0 unspecified atom stereocenters. The van der Waals surface area contributed by atoms with Crippen molar-refractivity contribution in [1.82, 2.24) is 5.16 Å². The van der Waals surface area contributed by atoms with E-state index in [9.17, 15) is 0 Å². The van der Waals surface area contributed by atoms with Crippen LogP contribution in [0.15, 0.2) is 22.7 Å². The van der Waals surface area contributed by atoms with Gasteiger partial charge in [0.05, 0.1) is 18.2 Å². The summed E-state index contributed by atoms with van der Waals surface area (Å²) in [6, 6.07) is 7.82. The number of nitrogens with zero attached hydrogens (tertiary/aromatic N) is 2. The maximum Gasteiger partial charge on any atom is 0.167 e. The lowest BCUT2D eigenvalue weighted by Gasteiger charge is -1.92. The Labute approximate surface area is 75.6 Å². The number of nitriles is 1. The zero-order valence-electron chi connectivity index (χ0n) is 7.24. The van der Waals surface area contributed by atoms with Crippen molar-refractivity contribution in [1.29, 1.82) is 5.26 Å². The first-order chi connectivity index (χ1) is 6.31. The smallest absolute Gasteiger partial charge is 0.167 e. The molecule has 0 aliphatic rings. The van der Waals surface area contributed by atoms with Crippen molar-refractivity contribution in [2.45, 2.75) is 13.3 Å². The molecule has 2 aromatic rings. The van der Waals surface area contributed by atoms with Crippen LogP contribution in [0.5, 0.6) is 0 Å². The minimum Gasteiger partial charge on any atom is -0.356 e. The molecule has 1 aromatic carbocycles. The van der Waals surface area contributed by atoms with E-state index < -0.39 is 0 Å². The van der Waals surface area contributed by atoms with Gasteiger partial charge in [0.2, 0.25) is 0 Å². The number of aromatic nitrogens is 1. The van der Waals surface area contributed by atoms with Gasteiger partial charge in [-0.2, -0.15) is 5.26 Å². The third-order valence-corrected chi connectivity index (χ3v) is 2.00. The van der Waals surface area contributed by atoms with Gasteiger partial charge in [0.15, 0.2) is 5.58 Å². The highest BCUT2D eigenvalue weighted by Crippen LogP contribution is 2.19. The predicted molar refractivity (Wildman–Crippen MR) is 48.1 cm³/mol. The summed E-state index contributed by atoms with van der Waals surface area (Å²) in [5.41, 5.74) is 2.61. The van der Waals surface area contributed by atoms with Gasteiger partial charge < -0.3 is 4.52 Å². The zero-order valence-corrected chi connectivity index (χ0v) is 7.24. The molecule has 0 spiro atoms. The van der Waals surface area contributed by atoms with Crippen molar-refractivity contribution in [2.24, 2.45) is 0 Å². The molecule has 0 bridgehead atoms. The molecule has 0 amide bonds. The fourth-order valence-corrected chi connectivity index (χ4v) is 1.31. The van der Waals surface area contributed by atoms with E-state index in [1.807, 2.05) is 25.1 Å². The van der Waals surface area contributed by atoms with Crippen LogP contribution in [0.3, 0.4) is 0 Å². The highest BCUT2D eigenvalue weighted by Gasteiger charge is 2.03. The van der Waals surface area contributed by atoms with Gasteiger partial charge in [-0.15, -0.1) is 0 Å². The Morgan fingerprint density at radius 2 is 2.38 bits per heavy atom. The van der Waals surface area contributed by atoms with Gasteiger partial charge in [-0.25, -0.2) is 0 Å². The van der Waals surface area contributed by atoms with E-state index in [0.29, 0.717) is 6.42 Å². The van der Waals surface area contributed by atoms with Crippen LogP contribution in [0, 0.1) is 18.3 Å². The fraction of sp³-hybridized carbons (Fsp3) is 0.200. The summed E-state index contributed by atoms with van der Waals surface area (Å²) in [7, 11) is 0. The second kappa shape index (κ2) is 2.91. The Bertz CT molecular complexity index is 479. The van der Waals surface area contributed by atoms with Crippen molar-refractivity contribution < 1.29 is 4.52 Å². The van der Waals surface area contributed by atoms with E-state index in [4.69, 9.17) is 9.78 Å². The normalized spacial score (nSPS) is 10.2. The SMILES string of the molecule is Cc1noc2cc(CC#N)ccc12. The van der Waals surface area contributed by atoms with Gasteiger partial charge in [0.1, 0.15) is 0 Å². The number of hydrogen-bond acceptors (Lipinski definition) is 3. The summed E-state index contributed by atoms with van der Waals surface area (Å²) in [5.74, 6) is 0. The maximum atomic E-state index is 8.50. The lowest BCUT2D eigenvalue weighted by molar-refractivity contribution is 0.450. The van der Waals surface area contributed by atoms with Gasteiger partial charge in [-0.1, -0.05) is 11.2 Å². The standard InChI is InChI=1S/C10H8N2O/c1-7-9-3-2-8(4-5-11)6-10(9)13-12-7/h2-3,6H,4H2,1H3. The Hall–Kier alpha value is -1.82. The third kappa shape index (κ3) is 1.27. The van der Waals surface area contributed by atoms with E-state index in [1.165, 1.54) is 0 Å². The summed E-state index contributed by atoms with van der Waals surface area (Å²) in [6.07, 6.45) is 0.412. The van der Waals surface area contributed by atoms with Gasteiger partial charge in [-0.05, 0) is 24.6 Å². The van der Waals surface area contributed by atoms with E-state index in [0.717, 1.165) is 22.2 Å². The molecule has 0 saturated carbocycles. The van der Waals surface area contributed by atoms with Gasteiger partial charge in [0.25, 0.3) is 0 Å². The highest BCUT2D eigenvalue weighted by molar-refractivity contribution is 5.79. The van der Waals surface area contributed by atoms with Crippen LogP contribution < -0.4 is 0 Å². The summed E-state index contributed by atoms with van der Waals surface area (Å²) < 4.78 is 5.08. The second-order valence-electron chi connectivity index (χ2n) is 2.93. The largest absolute Gasteiger partial charge is 0.356 e. The Balaban J connectivity index is 2.58. The molecule has 0 atom stereocenters. The monoisotopic (exact) mass is 172 g/mol. The minimum absolute atomic E-state index is 0.412. The first-order valence-corrected chi connectivity index (χ1v) is 4.03. The molecule has 3 nitrogen and oxygen atoms in total. The molecule has 0 aliphatic heterocycles. The molecule has 13 heavy (non-hydrogen) atoms. The van der Waals surface area contributed by atoms with Crippen LogP contribution in [0.4, 0.5) is 0 Å². The fourth-order valence-electron chi connectivity index (χ4n) is 1.31. The molecule has 0 fully saturated rings. The summed E-state index contributed by atoms with van der Waals surface area (Å²) in [5, 5.41) is 13.4. The lowest BCUT2D eigenvalue weighted by Crippen LogP contribution is -1.79. The molecular formula is C10H8N2O. The highest BCUT2D eigenvalue weighted by atomic mass is 16.5. The first kappa shape index (κ1) is 7.81. The van der Waals surface area contributed by atoms with Crippen LogP contribution in [0.25, 0.3) is 11.0 Å². The first-order valence-electron chi connectivity index (χ1n) is 4.03. The Kier molecular flexibility index (Phi) is 1.75. The number of aryl methyl sites for hydroxylation is 1. The molecular weight excluding hydrogens is 164 g/mol. The van der Waals surface area contributed by atoms with Crippen LogP contribution in [0.2, 0.25) is 0 Å². The topological polar surface area (TPSA) is 49.8 Å². The average molecular weight is 172 g/mol. The van der Waals surface area contributed by atoms with Crippen LogP contribution in [-0.2, 0) is 6.42 Å². The summed E-state index contributed by atoms with van der Waals surface area (Å²) in [4.78, 5) is 0. The third-order valence-electron chi connectivity index (χ3n) is 2.00. The molecule has 64 valence electrons. The Morgan fingerprint density at radius 1 is 1.54 bits per heavy atom. The molecule has 2 rings (SSSR count). The second-order valence-corrected chi connectivity index (χ2v) is 2.93. The maximum absolute atomic E-state index is 8.50. The van der Waals surface area contributed by atoms with Crippen molar-refractivity contribution >= 4 is 11.0 Å². The van der Waals surface area contributed by atoms with E-state index >= 15 is 0 Å². The van der Waals surface area contributed by atoms with Gasteiger partial charge in [0, 0.05) is 5.39 Å². The van der Waals surface area contributed by atoms with Crippen LogP contribution >= 0.6 is 0 Å². The molecule has 0 saturated heterocycles. The Morgan fingerprint density at radius 3 is 3.15 bits per heavy atom. The number of benzene rings is 1. The minimum atomic E-state index is 0.412. The quantitative estimate of drug-likeness (QED) is 0.662. The molecule has 0 N–H and O–H groups in total. The van der Waals surface area contributed by atoms with Gasteiger partial charge >= 0.3 is 0 Å². The summed E-state index contributed by atoms with van der Waals surface area (Å²) in [6.45, 7) is 1.90. The average Bonchev–Trinajstić information content (AvgIpc) is 2.48. The predicted octanol–water partition coefficient (Wildman–Crippen LogP) is 2.20. The number of fused-ring (bicyclic) bond motifs is 1. The summed E-state index contributed by atoms with van der Waals surface area (Å²) >= 11 is 0. The molecule has 0 aliphatic carbocycles. The van der Waals surface area contributed by atoms with Crippen molar-refractivity contribution in [3.8, 4) is 6.07 Å². The van der Waals surface area contributed by atoms with Gasteiger partial charge in [-0.3, -0.25) is 0 Å². The molecule has 0 radical (unpaired) electrons. The molecule has 1 aromatic heterocycles. The zero-order chi connectivity index (χ0) is 9.26. The van der Waals surface area contributed by atoms with Crippen LogP contribution in [0.1, 0.15) is 11.3 Å². The lowest BCUT2D eigenvalue weighted by atomic mass is 10.1. The van der Waals surface area contributed by atoms with E-state index in [2.05, 4.69) is 11.2 Å². The van der Waals surface area contributed by atoms with Crippen LogP contribution in [-0.4, -0.2) is 5.16 Å². The van der Waals surface area contributed by atoms with Crippen molar-refractivity contribution in [3.05, 3.63) is 29.5 Å². The van der Waals surface area contributed by atoms with E-state index in [1.54, 1.807) is 0 Å². The van der Waals surface area contributed by atoms with Crippen molar-refractivity contribution in [3.63, 3.8) is 0 Å².